The Morgan fingerprint density at radius 3 is 2.85 bits per heavy atom. The lowest BCUT2D eigenvalue weighted by atomic mass is 10.3. The first-order valence-electron chi connectivity index (χ1n) is 3.98. The Labute approximate surface area is 78.0 Å². The zero-order valence-corrected chi connectivity index (χ0v) is 7.57. The minimum absolute atomic E-state index is 0.0200. The fraction of sp³-hybridized carbons (Fsp3) is 0.300. The van der Waals surface area contributed by atoms with Gasteiger partial charge in [-0.1, -0.05) is 12.0 Å². The average Bonchev–Trinajstić information content (AvgIpc) is 2.18. The lowest BCUT2D eigenvalue weighted by molar-refractivity contribution is 0.281. The summed E-state index contributed by atoms with van der Waals surface area (Å²) in [6, 6.07) is 3.66. The molecule has 0 radical (unpaired) electrons. The molecule has 0 aliphatic heterocycles. The summed E-state index contributed by atoms with van der Waals surface area (Å²) in [5, 5.41) is 8.78. The molecular weight excluding hydrogens is 164 g/mol. The third kappa shape index (κ3) is 2.46. The normalized spacial score (nSPS) is 9.31. The van der Waals surface area contributed by atoms with E-state index < -0.39 is 0 Å². The molecule has 1 aromatic rings. The zero-order chi connectivity index (χ0) is 9.68. The van der Waals surface area contributed by atoms with Gasteiger partial charge in [0.25, 0.3) is 0 Å². The maximum Gasteiger partial charge on any atom is 0.129 e. The molecule has 13 heavy (non-hydrogen) atoms. The fourth-order valence-corrected chi connectivity index (χ4v) is 0.954. The van der Waals surface area contributed by atoms with E-state index in [2.05, 4.69) is 10.9 Å². The molecule has 1 N–H and O–H groups in total. The van der Waals surface area contributed by atoms with Gasteiger partial charge in [0.15, 0.2) is 0 Å². The first-order valence-corrected chi connectivity index (χ1v) is 3.98. The molecule has 0 atom stereocenters. The van der Waals surface area contributed by atoms with Crippen LogP contribution in [0.4, 0.5) is 5.82 Å². The van der Waals surface area contributed by atoms with Crippen molar-refractivity contribution in [3.63, 3.8) is 0 Å². The van der Waals surface area contributed by atoms with Gasteiger partial charge >= 0.3 is 0 Å². The molecule has 68 valence electrons. The molecule has 1 rings (SSSR count). The molecule has 3 heteroatoms. The highest BCUT2D eigenvalue weighted by Gasteiger charge is 1.99. The van der Waals surface area contributed by atoms with Crippen LogP contribution in [0, 0.1) is 12.3 Å². The van der Waals surface area contributed by atoms with E-state index in [-0.39, 0.29) is 6.61 Å². The van der Waals surface area contributed by atoms with Crippen LogP contribution < -0.4 is 4.90 Å². The highest BCUT2D eigenvalue weighted by molar-refractivity contribution is 5.39. The molecule has 0 saturated carbocycles. The van der Waals surface area contributed by atoms with Crippen molar-refractivity contribution < 1.29 is 5.11 Å². The monoisotopic (exact) mass is 176 g/mol. The van der Waals surface area contributed by atoms with Gasteiger partial charge in [0.2, 0.25) is 0 Å². The van der Waals surface area contributed by atoms with Crippen molar-refractivity contribution >= 4 is 5.82 Å². The summed E-state index contributed by atoms with van der Waals surface area (Å²) in [4.78, 5) is 6.00. The Hall–Kier alpha value is -1.53. The second kappa shape index (κ2) is 4.48. The Bertz CT molecular complexity index is 300. The number of nitrogens with zero attached hydrogens (tertiary/aromatic N) is 2. The van der Waals surface area contributed by atoms with Crippen LogP contribution in [0.15, 0.2) is 18.3 Å². The Balaban J connectivity index is 2.74. The van der Waals surface area contributed by atoms with Crippen molar-refractivity contribution in [1.29, 1.82) is 0 Å². The van der Waals surface area contributed by atoms with Gasteiger partial charge in [-0.25, -0.2) is 4.98 Å². The van der Waals surface area contributed by atoms with E-state index >= 15 is 0 Å². The third-order valence-corrected chi connectivity index (χ3v) is 1.71. The van der Waals surface area contributed by atoms with Gasteiger partial charge in [0, 0.05) is 13.2 Å². The van der Waals surface area contributed by atoms with Crippen LogP contribution >= 0.6 is 0 Å². The van der Waals surface area contributed by atoms with E-state index in [1.807, 2.05) is 24.1 Å². The van der Waals surface area contributed by atoms with Crippen LogP contribution in [0.2, 0.25) is 0 Å². The van der Waals surface area contributed by atoms with Crippen molar-refractivity contribution in [3.8, 4) is 12.3 Å². The van der Waals surface area contributed by atoms with Gasteiger partial charge < -0.3 is 10.0 Å². The van der Waals surface area contributed by atoms with Crippen LogP contribution in [0.3, 0.4) is 0 Å². The zero-order valence-electron chi connectivity index (χ0n) is 7.57. The summed E-state index contributed by atoms with van der Waals surface area (Å²) in [5.74, 6) is 3.35. The number of aliphatic hydroxyl groups is 1. The molecule has 3 nitrogen and oxygen atoms in total. The maximum atomic E-state index is 8.78. The van der Waals surface area contributed by atoms with E-state index in [4.69, 9.17) is 11.5 Å². The minimum atomic E-state index is 0.0200. The van der Waals surface area contributed by atoms with Gasteiger partial charge in [0.05, 0.1) is 13.2 Å². The number of aliphatic hydroxyl groups excluding tert-OH is 1. The predicted molar refractivity (Wildman–Crippen MR) is 52.3 cm³/mol. The number of hydrogen-bond donors (Lipinski definition) is 1. The second-order valence-corrected chi connectivity index (χ2v) is 2.74. The van der Waals surface area contributed by atoms with Gasteiger partial charge in [-0.3, -0.25) is 0 Å². The van der Waals surface area contributed by atoms with Crippen LogP contribution in [0.5, 0.6) is 0 Å². The van der Waals surface area contributed by atoms with Gasteiger partial charge in [-0.15, -0.1) is 6.42 Å². The van der Waals surface area contributed by atoms with Crippen molar-refractivity contribution in [2.24, 2.45) is 0 Å². The molecule has 0 unspecified atom stereocenters. The SMILES string of the molecule is C#CCN(C)c1ccc(CO)cn1. The van der Waals surface area contributed by atoms with E-state index in [0.717, 1.165) is 11.4 Å². The molecule has 0 spiro atoms. The summed E-state index contributed by atoms with van der Waals surface area (Å²) in [6.45, 7) is 0.553. The van der Waals surface area contributed by atoms with E-state index in [0.29, 0.717) is 6.54 Å². The number of terminal acetylenes is 1. The lowest BCUT2D eigenvalue weighted by Crippen LogP contribution is -2.18. The molecular formula is C10H12N2O. The summed E-state index contributed by atoms with van der Waals surface area (Å²) >= 11 is 0. The Morgan fingerprint density at radius 1 is 1.62 bits per heavy atom. The van der Waals surface area contributed by atoms with Crippen molar-refractivity contribution in [2.45, 2.75) is 6.61 Å². The summed E-state index contributed by atoms with van der Waals surface area (Å²) < 4.78 is 0. The molecule has 0 aliphatic carbocycles. The molecule has 0 aliphatic rings. The van der Waals surface area contributed by atoms with Crippen molar-refractivity contribution in [1.82, 2.24) is 4.98 Å². The highest BCUT2D eigenvalue weighted by Crippen LogP contribution is 2.08. The summed E-state index contributed by atoms with van der Waals surface area (Å²) in [5.41, 5.74) is 0.804. The van der Waals surface area contributed by atoms with Crippen LogP contribution in [-0.2, 0) is 6.61 Å². The smallest absolute Gasteiger partial charge is 0.129 e. The second-order valence-electron chi connectivity index (χ2n) is 2.74. The van der Waals surface area contributed by atoms with E-state index in [1.54, 1.807) is 6.20 Å². The molecule has 1 heterocycles. The third-order valence-electron chi connectivity index (χ3n) is 1.71. The van der Waals surface area contributed by atoms with Gasteiger partial charge in [0.1, 0.15) is 5.82 Å². The van der Waals surface area contributed by atoms with E-state index in [1.165, 1.54) is 0 Å². The Morgan fingerprint density at radius 2 is 2.38 bits per heavy atom. The molecule has 0 amide bonds. The standard InChI is InChI=1S/C10H12N2O/c1-3-6-12(2)10-5-4-9(8-13)7-11-10/h1,4-5,7,13H,6,8H2,2H3. The number of anilines is 1. The minimum Gasteiger partial charge on any atom is -0.392 e. The number of hydrogen-bond acceptors (Lipinski definition) is 3. The molecule has 1 aromatic heterocycles. The fourth-order valence-electron chi connectivity index (χ4n) is 0.954. The number of pyridine rings is 1. The molecule has 0 bridgehead atoms. The molecule has 0 saturated heterocycles. The first kappa shape index (κ1) is 9.56. The van der Waals surface area contributed by atoms with Crippen molar-refractivity contribution in [3.05, 3.63) is 23.9 Å². The number of aromatic nitrogens is 1. The molecule has 0 fully saturated rings. The van der Waals surface area contributed by atoms with Crippen LogP contribution in [0.1, 0.15) is 5.56 Å². The van der Waals surface area contributed by atoms with Gasteiger partial charge in [-0.05, 0) is 11.6 Å². The van der Waals surface area contributed by atoms with E-state index in [9.17, 15) is 0 Å². The maximum absolute atomic E-state index is 8.78. The first-order chi connectivity index (χ1) is 6.27. The lowest BCUT2D eigenvalue weighted by Gasteiger charge is -2.14. The summed E-state index contributed by atoms with van der Waals surface area (Å²) in [6.07, 6.45) is 6.80. The largest absolute Gasteiger partial charge is 0.392 e. The topological polar surface area (TPSA) is 36.4 Å². The van der Waals surface area contributed by atoms with Gasteiger partial charge in [-0.2, -0.15) is 0 Å². The summed E-state index contributed by atoms with van der Waals surface area (Å²) in [7, 11) is 1.88. The van der Waals surface area contributed by atoms with Crippen LogP contribution in [0.25, 0.3) is 0 Å². The van der Waals surface area contributed by atoms with Crippen LogP contribution in [-0.4, -0.2) is 23.7 Å². The quantitative estimate of drug-likeness (QED) is 0.687. The average molecular weight is 176 g/mol. The molecule has 0 aromatic carbocycles. The Kier molecular flexibility index (Phi) is 3.30. The van der Waals surface area contributed by atoms with Crippen molar-refractivity contribution in [2.75, 3.05) is 18.5 Å². The predicted octanol–water partition coefficient (Wildman–Crippen LogP) is 0.643. The number of rotatable bonds is 3. The highest BCUT2D eigenvalue weighted by atomic mass is 16.3.